The Morgan fingerprint density at radius 3 is 2.88 bits per heavy atom. The van der Waals surface area contributed by atoms with Gasteiger partial charge in [0.2, 0.25) is 10.0 Å². The normalized spacial score (nSPS) is 11.4. The minimum atomic E-state index is -3.65. The highest BCUT2D eigenvalue weighted by molar-refractivity contribution is 7.89. The highest BCUT2D eigenvalue weighted by Crippen LogP contribution is 2.14. The number of benzene rings is 1. The highest BCUT2D eigenvalue weighted by Gasteiger charge is 2.17. The number of hydrogen-bond donors (Lipinski definition) is 1. The Bertz CT molecular complexity index is 1030. The number of nitrogens with zero attached hydrogens (tertiary/aromatic N) is 4. The summed E-state index contributed by atoms with van der Waals surface area (Å²) >= 11 is 0. The lowest BCUT2D eigenvalue weighted by atomic mass is 10.2. The maximum atomic E-state index is 12.0. The van der Waals surface area contributed by atoms with Gasteiger partial charge in [-0.3, -0.25) is 9.82 Å². The first-order valence-electron chi connectivity index (χ1n) is 7.53. The van der Waals surface area contributed by atoms with Gasteiger partial charge in [0.25, 0.3) is 0 Å². The van der Waals surface area contributed by atoms with E-state index < -0.39 is 16.2 Å². The molecular formula is C15H15N5O5S. The van der Waals surface area contributed by atoms with E-state index in [1.807, 2.05) is 0 Å². The Balaban J connectivity index is 1.61. The number of pyridine rings is 1. The standard InChI is InChI=1S/C15H15N5O5S/c1-16-26(22,23)14-10-17-8-6-11(14)7-9-24-15(21)25-20-13-5-3-2-4-12(13)18-19-20/h2-6,8,10,16H,7,9H2,1H3. The van der Waals surface area contributed by atoms with E-state index in [-0.39, 0.29) is 17.9 Å². The Kier molecular flexibility index (Phi) is 5.09. The molecule has 0 spiro atoms. The number of ether oxygens (including phenoxy) is 1. The molecule has 26 heavy (non-hydrogen) atoms. The molecule has 2 heterocycles. The van der Waals surface area contributed by atoms with Crippen LogP contribution in [0.5, 0.6) is 0 Å². The first-order valence-corrected chi connectivity index (χ1v) is 9.01. The van der Waals surface area contributed by atoms with Gasteiger partial charge in [-0.25, -0.2) is 17.9 Å². The summed E-state index contributed by atoms with van der Waals surface area (Å²) in [7, 11) is -2.34. The summed E-state index contributed by atoms with van der Waals surface area (Å²) in [6.07, 6.45) is 1.89. The van der Waals surface area contributed by atoms with Crippen molar-refractivity contribution in [3.05, 3.63) is 48.3 Å². The molecule has 136 valence electrons. The van der Waals surface area contributed by atoms with E-state index in [0.717, 1.165) is 4.85 Å². The molecule has 0 aliphatic heterocycles. The van der Waals surface area contributed by atoms with Gasteiger partial charge in [-0.05, 0) is 36.0 Å². The Morgan fingerprint density at radius 1 is 1.27 bits per heavy atom. The monoisotopic (exact) mass is 377 g/mol. The summed E-state index contributed by atoms with van der Waals surface area (Å²) in [6, 6.07) is 8.49. The second kappa shape index (κ2) is 7.45. The molecular weight excluding hydrogens is 362 g/mol. The SMILES string of the molecule is CNS(=O)(=O)c1cnccc1CCOC(=O)On1nnc2ccccc21. The molecule has 0 fully saturated rings. The first kappa shape index (κ1) is 17.8. The zero-order valence-corrected chi connectivity index (χ0v) is 14.5. The molecule has 0 saturated heterocycles. The van der Waals surface area contributed by atoms with Crippen molar-refractivity contribution >= 4 is 27.2 Å². The summed E-state index contributed by atoms with van der Waals surface area (Å²) in [4.78, 5) is 21.6. The van der Waals surface area contributed by atoms with Crippen LogP contribution in [0, 0.1) is 0 Å². The summed E-state index contributed by atoms with van der Waals surface area (Å²) in [6.45, 7) is -0.0816. The van der Waals surface area contributed by atoms with Crippen LogP contribution in [0.15, 0.2) is 47.6 Å². The number of carbonyl (C=O) groups excluding carboxylic acids is 1. The number of para-hydroxylation sites is 1. The molecule has 3 aromatic rings. The average Bonchev–Trinajstić information content (AvgIpc) is 3.05. The number of nitrogens with one attached hydrogen (secondary N) is 1. The number of aromatic nitrogens is 4. The average molecular weight is 377 g/mol. The van der Waals surface area contributed by atoms with Crippen molar-refractivity contribution in [3.63, 3.8) is 0 Å². The number of fused-ring (bicyclic) bond motifs is 1. The third-order valence-corrected chi connectivity index (χ3v) is 4.99. The van der Waals surface area contributed by atoms with Crippen LogP contribution in [0.2, 0.25) is 0 Å². The third-order valence-electron chi connectivity index (χ3n) is 3.50. The number of rotatable bonds is 6. The van der Waals surface area contributed by atoms with Gasteiger partial charge < -0.3 is 4.74 Å². The van der Waals surface area contributed by atoms with E-state index in [2.05, 4.69) is 20.0 Å². The Morgan fingerprint density at radius 2 is 2.08 bits per heavy atom. The van der Waals surface area contributed by atoms with Gasteiger partial charge in [-0.2, -0.15) is 0 Å². The molecule has 1 N–H and O–H groups in total. The van der Waals surface area contributed by atoms with Crippen molar-refractivity contribution in [3.8, 4) is 0 Å². The fraction of sp³-hybridized carbons (Fsp3) is 0.200. The van der Waals surface area contributed by atoms with Crippen molar-refractivity contribution in [2.24, 2.45) is 0 Å². The van der Waals surface area contributed by atoms with Gasteiger partial charge in [0.05, 0.1) is 6.61 Å². The molecule has 0 aliphatic rings. The largest absolute Gasteiger partial charge is 0.535 e. The molecule has 1 aromatic carbocycles. The van der Waals surface area contributed by atoms with Gasteiger partial charge in [0.1, 0.15) is 15.9 Å². The summed E-state index contributed by atoms with van der Waals surface area (Å²) in [5.41, 5.74) is 1.55. The summed E-state index contributed by atoms with van der Waals surface area (Å²) in [5, 5.41) is 7.55. The van der Waals surface area contributed by atoms with E-state index in [0.29, 0.717) is 16.6 Å². The molecule has 10 nitrogen and oxygen atoms in total. The third kappa shape index (κ3) is 3.78. The van der Waals surface area contributed by atoms with E-state index in [1.54, 1.807) is 30.3 Å². The lowest BCUT2D eigenvalue weighted by molar-refractivity contribution is 0.0401. The van der Waals surface area contributed by atoms with Crippen LogP contribution in [0.3, 0.4) is 0 Å². The van der Waals surface area contributed by atoms with Gasteiger partial charge >= 0.3 is 6.16 Å². The molecule has 0 unspecified atom stereocenters. The maximum Gasteiger partial charge on any atom is 0.535 e. The molecule has 0 radical (unpaired) electrons. The zero-order chi connectivity index (χ0) is 18.6. The van der Waals surface area contributed by atoms with Crippen LogP contribution in [0.1, 0.15) is 5.56 Å². The van der Waals surface area contributed by atoms with Crippen molar-refractivity contribution < 1.29 is 22.8 Å². The molecule has 0 saturated carbocycles. The van der Waals surface area contributed by atoms with Crippen LogP contribution < -0.4 is 9.56 Å². The van der Waals surface area contributed by atoms with Crippen molar-refractivity contribution in [1.29, 1.82) is 0 Å². The lowest BCUT2D eigenvalue weighted by Crippen LogP contribution is -2.23. The van der Waals surface area contributed by atoms with E-state index in [1.165, 1.54) is 19.4 Å². The topological polar surface area (TPSA) is 125 Å². The number of carbonyl (C=O) groups is 1. The lowest BCUT2D eigenvalue weighted by Gasteiger charge is -2.09. The smallest absolute Gasteiger partial charge is 0.432 e. The van der Waals surface area contributed by atoms with E-state index in [9.17, 15) is 13.2 Å². The maximum absolute atomic E-state index is 12.0. The molecule has 0 aliphatic carbocycles. The number of hydrogen-bond acceptors (Lipinski definition) is 8. The first-order chi connectivity index (χ1) is 12.5. The van der Waals surface area contributed by atoms with E-state index in [4.69, 9.17) is 9.57 Å². The predicted molar refractivity (Wildman–Crippen MR) is 89.6 cm³/mol. The van der Waals surface area contributed by atoms with Crippen LogP contribution in [0.25, 0.3) is 11.0 Å². The number of sulfonamides is 1. The molecule has 0 atom stereocenters. The van der Waals surface area contributed by atoms with Gasteiger partial charge in [-0.1, -0.05) is 17.0 Å². The van der Waals surface area contributed by atoms with Gasteiger partial charge in [0.15, 0.2) is 0 Å². The highest BCUT2D eigenvalue weighted by atomic mass is 32.2. The fourth-order valence-corrected chi connectivity index (χ4v) is 3.16. The van der Waals surface area contributed by atoms with Crippen LogP contribution in [0.4, 0.5) is 4.79 Å². The van der Waals surface area contributed by atoms with Gasteiger partial charge in [0, 0.05) is 18.8 Å². The molecule has 11 heteroatoms. The summed E-state index contributed by atoms with van der Waals surface area (Å²) < 4.78 is 31.1. The second-order valence-electron chi connectivity index (χ2n) is 5.08. The van der Waals surface area contributed by atoms with Crippen LogP contribution in [-0.2, 0) is 21.2 Å². The van der Waals surface area contributed by atoms with E-state index >= 15 is 0 Å². The molecule has 0 amide bonds. The minimum absolute atomic E-state index is 0.0294. The summed E-state index contributed by atoms with van der Waals surface area (Å²) in [5.74, 6) is 0. The minimum Gasteiger partial charge on any atom is -0.432 e. The second-order valence-corrected chi connectivity index (χ2v) is 6.94. The Hall–Kier alpha value is -3.05. The van der Waals surface area contributed by atoms with Crippen molar-refractivity contribution in [1.82, 2.24) is 24.9 Å². The van der Waals surface area contributed by atoms with Crippen LogP contribution in [-0.4, -0.2) is 48.4 Å². The molecule has 0 bridgehead atoms. The zero-order valence-electron chi connectivity index (χ0n) is 13.7. The van der Waals surface area contributed by atoms with Crippen molar-refractivity contribution in [2.75, 3.05) is 13.7 Å². The molecule has 2 aromatic heterocycles. The van der Waals surface area contributed by atoms with Gasteiger partial charge in [-0.15, -0.1) is 5.10 Å². The fourth-order valence-electron chi connectivity index (χ4n) is 2.22. The quantitative estimate of drug-likeness (QED) is 0.487. The predicted octanol–water partition coefficient (Wildman–Crippen LogP) is 0.542. The molecule has 3 rings (SSSR count). The van der Waals surface area contributed by atoms with Crippen LogP contribution >= 0.6 is 0 Å². The van der Waals surface area contributed by atoms with Crippen molar-refractivity contribution in [2.45, 2.75) is 11.3 Å². The Labute approximate surface area is 148 Å².